The standard InChI is InChI=1S/C14H16F2N2O3/c15-10-1-2-12(16)8(5-10)3-4-17-14(21)18-11-6-9(7-11)13(19)20/h1-2,5,9,11H,3-4,6-7H2,(H,19,20)(H2,17,18,21). The molecule has 1 aromatic carbocycles. The minimum atomic E-state index is -0.852. The molecule has 2 amide bonds. The summed E-state index contributed by atoms with van der Waals surface area (Å²) in [5, 5.41) is 13.9. The smallest absolute Gasteiger partial charge is 0.315 e. The van der Waals surface area contributed by atoms with Crippen molar-refractivity contribution in [3.05, 3.63) is 35.4 Å². The largest absolute Gasteiger partial charge is 0.481 e. The Balaban J connectivity index is 1.68. The van der Waals surface area contributed by atoms with Crippen LogP contribution in [0, 0.1) is 17.6 Å². The third-order valence-electron chi connectivity index (χ3n) is 3.51. The number of halogens is 2. The Kier molecular flexibility index (Phi) is 4.72. The van der Waals surface area contributed by atoms with Crippen LogP contribution >= 0.6 is 0 Å². The predicted molar refractivity (Wildman–Crippen MR) is 70.7 cm³/mol. The molecule has 0 heterocycles. The predicted octanol–water partition coefficient (Wildman–Crippen LogP) is 1.67. The number of carboxylic acid groups (broad SMARTS) is 1. The molecule has 0 spiro atoms. The second kappa shape index (κ2) is 6.51. The molecule has 0 atom stereocenters. The van der Waals surface area contributed by atoms with E-state index in [4.69, 9.17) is 5.11 Å². The third-order valence-corrected chi connectivity index (χ3v) is 3.51. The Morgan fingerprint density at radius 3 is 2.67 bits per heavy atom. The van der Waals surface area contributed by atoms with Crippen molar-refractivity contribution in [2.75, 3.05) is 6.54 Å². The topological polar surface area (TPSA) is 78.4 Å². The van der Waals surface area contributed by atoms with Crippen molar-refractivity contribution in [1.29, 1.82) is 0 Å². The SMILES string of the molecule is O=C(NCCc1cc(F)ccc1F)NC1CC(C(=O)O)C1. The highest BCUT2D eigenvalue weighted by atomic mass is 19.1. The monoisotopic (exact) mass is 298 g/mol. The van der Waals surface area contributed by atoms with Gasteiger partial charge in [0.1, 0.15) is 11.6 Å². The molecule has 1 saturated carbocycles. The van der Waals surface area contributed by atoms with Crippen LogP contribution in [0.4, 0.5) is 13.6 Å². The van der Waals surface area contributed by atoms with Gasteiger partial charge in [0.05, 0.1) is 5.92 Å². The summed E-state index contributed by atoms with van der Waals surface area (Å²) in [5.74, 6) is -2.28. The Bertz CT molecular complexity index is 545. The van der Waals surface area contributed by atoms with Crippen molar-refractivity contribution in [2.24, 2.45) is 5.92 Å². The van der Waals surface area contributed by atoms with Gasteiger partial charge in [0.2, 0.25) is 0 Å². The Labute approximate surface area is 120 Å². The molecule has 5 nitrogen and oxygen atoms in total. The molecular formula is C14H16F2N2O3. The van der Waals surface area contributed by atoms with Gasteiger partial charge in [-0.15, -0.1) is 0 Å². The lowest BCUT2D eigenvalue weighted by molar-refractivity contribution is -0.145. The van der Waals surface area contributed by atoms with Gasteiger partial charge in [-0.25, -0.2) is 13.6 Å². The van der Waals surface area contributed by atoms with Crippen molar-refractivity contribution in [3.8, 4) is 0 Å². The summed E-state index contributed by atoms with van der Waals surface area (Å²) < 4.78 is 26.3. The molecule has 0 aliphatic heterocycles. The first-order valence-corrected chi connectivity index (χ1v) is 6.67. The molecule has 0 aromatic heterocycles. The number of hydrogen-bond donors (Lipinski definition) is 3. The fraction of sp³-hybridized carbons (Fsp3) is 0.429. The first kappa shape index (κ1) is 15.2. The van der Waals surface area contributed by atoms with Gasteiger partial charge in [0, 0.05) is 12.6 Å². The van der Waals surface area contributed by atoms with Gasteiger partial charge in [-0.05, 0) is 43.0 Å². The number of aliphatic carboxylic acids is 1. The zero-order valence-corrected chi connectivity index (χ0v) is 11.2. The number of urea groups is 1. The Hall–Kier alpha value is -2.18. The van der Waals surface area contributed by atoms with E-state index in [1.807, 2.05) is 0 Å². The maximum absolute atomic E-state index is 13.3. The number of rotatable bonds is 5. The molecular weight excluding hydrogens is 282 g/mol. The molecule has 1 fully saturated rings. The van der Waals surface area contributed by atoms with Crippen LogP contribution in [0.25, 0.3) is 0 Å². The molecule has 7 heteroatoms. The molecule has 21 heavy (non-hydrogen) atoms. The molecule has 1 aliphatic rings. The normalized spacial score (nSPS) is 20.5. The lowest BCUT2D eigenvalue weighted by Gasteiger charge is -2.32. The van der Waals surface area contributed by atoms with E-state index in [0.29, 0.717) is 12.8 Å². The summed E-state index contributed by atoms with van der Waals surface area (Å²) in [6.45, 7) is 0.168. The van der Waals surface area contributed by atoms with Crippen LogP contribution in [0.3, 0.4) is 0 Å². The lowest BCUT2D eigenvalue weighted by Crippen LogP contribution is -2.50. The summed E-state index contributed by atoms with van der Waals surface area (Å²) in [4.78, 5) is 22.1. The number of amides is 2. The van der Waals surface area contributed by atoms with Crippen LogP contribution in [0.15, 0.2) is 18.2 Å². The second-order valence-corrected chi connectivity index (χ2v) is 5.09. The van der Waals surface area contributed by atoms with Crippen LogP contribution in [0.5, 0.6) is 0 Å². The van der Waals surface area contributed by atoms with E-state index in [9.17, 15) is 18.4 Å². The molecule has 0 bridgehead atoms. The minimum absolute atomic E-state index is 0.142. The Morgan fingerprint density at radius 2 is 2.00 bits per heavy atom. The molecule has 0 radical (unpaired) electrons. The average molecular weight is 298 g/mol. The van der Waals surface area contributed by atoms with Crippen molar-refractivity contribution in [2.45, 2.75) is 25.3 Å². The second-order valence-electron chi connectivity index (χ2n) is 5.09. The highest BCUT2D eigenvalue weighted by Gasteiger charge is 2.35. The van der Waals surface area contributed by atoms with E-state index in [2.05, 4.69) is 10.6 Å². The van der Waals surface area contributed by atoms with E-state index in [0.717, 1.165) is 18.2 Å². The van der Waals surface area contributed by atoms with Crippen LogP contribution in [0.1, 0.15) is 18.4 Å². The third kappa shape index (κ3) is 4.14. The summed E-state index contributed by atoms with van der Waals surface area (Å²) in [6.07, 6.45) is 1.02. The molecule has 114 valence electrons. The number of benzene rings is 1. The molecule has 0 unspecified atom stereocenters. The molecule has 1 aliphatic carbocycles. The van der Waals surface area contributed by atoms with Gasteiger partial charge in [0.25, 0.3) is 0 Å². The highest BCUT2D eigenvalue weighted by molar-refractivity contribution is 5.76. The maximum Gasteiger partial charge on any atom is 0.315 e. The van der Waals surface area contributed by atoms with Crippen molar-refractivity contribution in [3.63, 3.8) is 0 Å². The van der Waals surface area contributed by atoms with Crippen molar-refractivity contribution in [1.82, 2.24) is 10.6 Å². The van der Waals surface area contributed by atoms with E-state index in [-0.39, 0.29) is 24.6 Å². The summed E-state index contributed by atoms with van der Waals surface area (Å²) in [7, 11) is 0. The maximum atomic E-state index is 13.3. The van der Waals surface area contributed by atoms with Gasteiger partial charge in [-0.3, -0.25) is 4.79 Å². The quantitative estimate of drug-likeness (QED) is 0.773. The van der Waals surface area contributed by atoms with Gasteiger partial charge < -0.3 is 15.7 Å². The van der Waals surface area contributed by atoms with Crippen molar-refractivity contribution < 1.29 is 23.5 Å². The molecule has 2 rings (SSSR count). The summed E-state index contributed by atoms with van der Waals surface area (Å²) in [6, 6.07) is 2.61. The van der Waals surface area contributed by atoms with Gasteiger partial charge in [0.15, 0.2) is 0 Å². The van der Waals surface area contributed by atoms with E-state index in [1.54, 1.807) is 0 Å². The van der Waals surface area contributed by atoms with E-state index >= 15 is 0 Å². The number of carbonyl (C=O) groups is 2. The number of nitrogens with one attached hydrogen (secondary N) is 2. The number of carboxylic acids is 1. The zero-order valence-electron chi connectivity index (χ0n) is 11.2. The summed E-state index contributed by atoms with van der Waals surface area (Å²) >= 11 is 0. The first-order chi connectivity index (χ1) is 9.95. The van der Waals surface area contributed by atoms with Crippen molar-refractivity contribution >= 4 is 12.0 Å². The fourth-order valence-electron chi connectivity index (χ4n) is 2.22. The van der Waals surface area contributed by atoms with Gasteiger partial charge in [-0.1, -0.05) is 0 Å². The highest BCUT2D eigenvalue weighted by Crippen LogP contribution is 2.27. The van der Waals surface area contributed by atoms with Crippen LogP contribution in [-0.2, 0) is 11.2 Å². The lowest BCUT2D eigenvalue weighted by atomic mass is 9.80. The zero-order chi connectivity index (χ0) is 15.4. The number of hydrogen-bond acceptors (Lipinski definition) is 2. The average Bonchev–Trinajstić information content (AvgIpc) is 2.37. The molecule has 0 saturated heterocycles. The fourth-order valence-corrected chi connectivity index (χ4v) is 2.22. The van der Waals surface area contributed by atoms with Gasteiger partial charge in [-0.2, -0.15) is 0 Å². The van der Waals surface area contributed by atoms with Gasteiger partial charge >= 0.3 is 12.0 Å². The Morgan fingerprint density at radius 1 is 1.29 bits per heavy atom. The van der Waals surface area contributed by atoms with Crippen LogP contribution in [-0.4, -0.2) is 29.7 Å². The van der Waals surface area contributed by atoms with Crippen LogP contribution in [0.2, 0.25) is 0 Å². The molecule has 3 N–H and O–H groups in total. The summed E-state index contributed by atoms with van der Waals surface area (Å²) in [5.41, 5.74) is 0.199. The van der Waals surface area contributed by atoms with E-state index in [1.165, 1.54) is 0 Å². The molecule has 1 aromatic rings. The van der Waals surface area contributed by atoms with E-state index < -0.39 is 29.6 Å². The number of carbonyl (C=O) groups excluding carboxylic acids is 1. The first-order valence-electron chi connectivity index (χ1n) is 6.67. The minimum Gasteiger partial charge on any atom is -0.481 e. The van der Waals surface area contributed by atoms with Crippen LogP contribution < -0.4 is 10.6 Å².